The first-order valence-corrected chi connectivity index (χ1v) is 11.3. The smallest absolute Gasteiger partial charge is 0.417 e. The standard InChI is InChI=1S/C23H23Cl2N3O5/c24-16-7-15(8-17(25)11-16)13-32-23(31)28-5-3-18(4-6-28)26-12-19(29)9-14-1-2-20-21(10-14)33-22(30)27-20/h1-2,7-8,10-11,18,26H,3-6,9,12-13H2,(H,27,30). The van der Waals surface area contributed by atoms with Crippen LogP contribution in [-0.2, 0) is 22.6 Å². The molecular formula is C23H23Cl2N3O5. The Morgan fingerprint density at radius 3 is 2.55 bits per heavy atom. The van der Waals surface area contributed by atoms with Crippen LogP contribution in [0.15, 0.2) is 45.6 Å². The van der Waals surface area contributed by atoms with Crippen LogP contribution in [0.5, 0.6) is 0 Å². The largest absolute Gasteiger partial charge is 0.445 e. The second kappa shape index (κ2) is 10.4. The molecule has 4 rings (SSSR count). The Bertz CT molecular complexity index is 1190. The molecule has 0 saturated carbocycles. The van der Waals surface area contributed by atoms with Gasteiger partial charge in [0.25, 0.3) is 0 Å². The van der Waals surface area contributed by atoms with Gasteiger partial charge in [0.15, 0.2) is 11.4 Å². The van der Waals surface area contributed by atoms with Crippen LogP contribution in [0.25, 0.3) is 11.1 Å². The molecule has 3 aromatic rings. The van der Waals surface area contributed by atoms with E-state index in [1.807, 2.05) is 0 Å². The third-order valence-electron chi connectivity index (χ3n) is 5.51. The van der Waals surface area contributed by atoms with Gasteiger partial charge in [-0.1, -0.05) is 29.3 Å². The molecule has 1 fully saturated rings. The number of hydrogen-bond acceptors (Lipinski definition) is 6. The Hall–Kier alpha value is -2.81. The third-order valence-corrected chi connectivity index (χ3v) is 5.95. The van der Waals surface area contributed by atoms with E-state index in [4.69, 9.17) is 32.4 Å². The van der Waals surface area contributed by atoms with E-state index >= 15 is 0 Å². The lowest BCUT2D eigenvalue weighted by Crippen LogP contribution is -2.46. The number of piperidine rings is 1. The van der Waals surface area contributed by atoms with Crippen LogP contribution in [0.1, 0.15) is 24.0 Å². The summed E-state index contributed by atoms with van der Waals surface area (Å²) in [4.78, 5) is 40.2. The van der Waals surface area contributed by atoms with Crippen molar-refractivity contribution in [1.82, 2.24) is 15.2 Å². The average molecular weight is 492 g/mol. The maximum Gasteiger partial charge on any atom is 0.417 e. The normalized spacial score (nSPS) is 14.5. The molecule has 0 radical (unpaired) electrons. The second-order valence-electron chi connectivity index (χ2n) is 8.03. The number of nitrogens with zero attached hydrogens (tertiary/aromatic N) is 1. The SMILES string of the molecule is O=C(CNC1CCN(C(=O)OCc2cc(Cl)cc(Cl)c2)CC1)Cc1ccc2[nH]c(=O)oc2c1. The summed E-state index contributed by atoms with van der Waals surface area (Å²) in [5, 5.41) is 4.26. The topological polar surface area (TPSA) is 105 Å². The lowest BCUT2D eigenvalue weighted by molar-refractivity contribution is -0.117. The maximum absolute atomic E-state index is 12.4. The lowest BCUT2D eigenvalue weighted by Gasteiger charge is -2.31. The number of aromatic nitrogens is 1. The number of ether oxygens (including phenoxy) is 1. The van der Waals surface area contributed by atoms with Crippen molar-refractivity contribution in [1.29, 1.82) is 0 Å². The Morgan fingerprint density at radius 1 is 1.09 bits per heavy atom. The molecule has 1 amide bonds. The zero-order chi connectivity index (χ0) is 23.4. The number of oxazole rings is 1. The minimum Gasteiger partial charge on any atom is -0.445 e. The van der Waals surface area contributed by atoms with Crippen molar-refractivity contribution >= 4 is 46.2 Å². The summed E-state index contributed by atoms with van der Waals surface area (Å²) in [6, 6.07) is 10.4. The molecule has 0 bridgehead atoms. The molecule has 0 unspecified atom stereocenters. The molecule has 174 valence electrons. The number of carbonyl (C=O) groups excluding carboxylic acids is 2. The van der Waals surface area contributed by atoms with Crippen LogP contribution in [0.4, 0.5) is 4.79 Å². The summed E-state index contributed by atoms with van der Waals surface area (Å²) in [6.45, 7) is 1.43. The average Bonchev–Trinajstić information content (AvgIpc) is 3.15. The quantitative estimate of drug-likeness (QED) is 0.518. The molecule has 8 nitrogen and oxygen atoms in total. The summed E-state index contributed by atoms with van der Waals surface area (Å²) in [5.74, 6) is -0.478. The molecule has 10 heteroatoms. The first kappa shape index (κ1) is 23.4. The Kier molecular flexibility index (Phi) is 7.37. The second-order valence-corrected chi connectivity index (χ2v) is 8.91. The fourth-order valence-corrected chi connectivity index (χ4v) is 4.42. The van der Waals surface area contributed by atoms with Crippen molar-refractivity contribution in [2.24, 2.45) is 0 Å². The molecule has 2 N–H and O–H groups in total. The van der Waals surface area contributed by atoms with Crippen molar-refractivity contribution in [3.8, 4) is 0 Å². The minimum absolute atomic E-state index is 0.0363. The van der Waals surface area contributed by atoms with E-state index in [0.29, 0.717) is 34.2 Å². The third kappa shape index (κ3) is 6.37. The summed E-state index contributed by atoms with van der Waals surface area (Å²) in [6.07, 6.45) is 1.32. The number of ketones is 1. The van der Waals surface area contributed by atoms with Crippen molar-refractivity contribution in [2.45, 2.75) is 31.9 Å². The Labute approximate surface area is 199 Å². The number of likely N-dealkylation sites (tertiary alicyclic amines) is 1. The predicted octanol–water partition coefficient (Wildman–Crippen LogP) is 3.93. The van der Waals surface area contributed by atoms with Gasteiger partial charge in [0.1, 0.15) is 6.61 Å². The fraction of sp³-hybridized carbons (Fsp3) is 0.348. The lowest BCUT2D eigenvalue weighted by atomic mass is 10.0. The number of fused-ring (bicyclic) bond motifs is 1. The van der Waals surface area contributed by atoms with Crippen molar-refractivity contribution in [3.05, 3.63) is 68.1 Å². The molecule has 1 saturated heterocycles. The summed E-state index contributed by atoms with van der Waals surface area (Å²) in [7, 11) is 0. The number of nitrogens with one attached hydrogen (secondary N) is 2. The van der Waals surface area contributed by atoms with Gasteiger partial charge in [0, 0.05) is 35.6 Å². The van der Waals surface area contributed by atoms with Crippen molar-refractivity contribution in [2.75, 3.05) is 19.6 Å². The summed E-state index contributed by atoms with van der Waals surface area (Å²) >= 11 is 11.9. The van der Waals surface area contributed by atoms with Gasteiger partial charge in [-0.25, -0.2) is 9.59 Å². The monoisotopic (exact) mass is 491 g/mol. The van der Waals surface area contributed by atoms with E-state index in [1.54, 1.807) is 41.3 Å². The van der Waals surface area contributed by atoms with E-state index in [9.17, 15) is 14.4 Å². The molecule has 1 aliphatic heterocycles. The van der Waals surface area contributed by atoms with E-state index in [1.165, 1.54) is 0 Å². The molecule has 2 heterocycles. The number of H-pyrrole nitrogens is 1. The van der Waals surface area contributed by atoms with Crippen LogP contribution in [0, 0.1) is 0 Å². The minimum atomic E-state index is -0.515. The Balaban J connectivity index is 1.18. The number of rotatable bonds is 7. The van der Waals surface area contributed by atoms with E-state index < -0.39 is 5.76 Å². The van der Waals surface area contributed by atoms with Gasteiger partial charge in [-0.2, -0.15) is 0 Å². The van der Waals surface area contributed by atoms with Crippen LogP contribution in [-0.4, -0.2) is 47.4 Å². The van der Waals surface area contributed by atoms with E-state index in [0.717, 1.165) is 24.0 Å². The van der Waals surface area contributed by atoms with E-state index in [-0.39, 0.29) is 37.5 Å². The number of benzene rings is 2. The highest BCUT2D eigenvalue weighted by Crippen LogP contribution is 2.20. The van der Waals surface area contributed by atoms with Gasteiger partial charge >= 0.3 is 11.8 Å². The number of amides is 1. The van der Waals surface area contributed by atoms with Gasteiger partial charge < -0.3 is 19.4 Å². The Morgan fingerprint density at radius 2 is 1.82 bits per heavy atom. The van der Waals surface area contributed by atoms with Crippen molar-refractivity contribution < 1.29 is 18.7 Å². The van der Waals surface area contributed by atoms with Gasteiger partial charge in [0.05, 0.1) is 12.1 Å². The number of hydrogen-bond donors (Lipinski definition) is 2. The first-order valence-electron chi connectivity index (χ1n) is 10.6. The van der Waals surface area contributed by atoms with Gasteiger partial charge in [0.2, 0.25) is 0 Å². The molecule has 0 spiro atoms. The van der Waals surface area contributed by atoms with Crippen LogP contribution >= 0.6 is 23.2 Å². The number of carbonyl (C=O) groups is 2. The number of halogens is 2. The zero-order valence-corrected chi connectivity index (χ0v) is 19.2. The van der Waals surface area contributed by atoms with Gasteiger partial charge in [-0.15, -0.1) is 0 Å². The zero-order valence-electron chi connectivity index (χ0n) is 17.7. The highest BCUT2D eigenvalue weighted by atomic mass is 35.5. The molecule has 0 atom stereocenters. The predicted molar refractivity (Wildman–Crippen MR) is 125 cm³/mol. The molecule has 0 aliphatic carbocycles. The highest BCUT2D eigenvalue weighted by molar-refractivity contribution is 6.34. The highest BCUT2D eigenvalue weighted by Gasteiger charge is 2.24. The van der Waals surface area contributed by atoms with Crippen LogP contribution in [0.2, 0.25) is 10.0 Å². The molecule has 2 aromatic carbocycles. The number of Topliss-reactive ketones (excluding diaryl/α,β-unsaturated/α-hetero) is 1. The van der Waals surface area contributed by atoms with Crippen molar-refractivity contribution in [3.63, 3.8) is 0 Å². The summed E-state index contributed by atoms with van der Waals surface area (Å²) in [5.41, 5.74) is 2.57. The van der Waals surface area contributed by atoms with Crippen LogP contribution in [0.3, 0.4) is 0 Å². The van der Waals surface area contributed by atoms with E-state index in [2.05, 4.69) is 10.3 Å². The maximum atomic E-state index is 12.4. The first-order chi connectivity index (χ1) is 15.9. The summed E-state index contributed by atoms with van der Waals surface area (Å²) < 4.78 is 10.4. The molecule has 1 aliphatic rings. The molecule has 33 heavy (non-hydrogen) atoms. The molecule has 1 aromatic heterocycles. The van der Waals surface area contributed by atoms with Gasteiger partial charge in [-0.05, 0) is 54.3 Å². The molecular weight excluding hydrogens is 469 g/mol. The fourth-order valence-electron chi connectivity index (χ4n) is 3.84. The van der Waals surface area contributed by atoms with Crippen LogP contribution < -0.4 is 11.1 Å². The van der Waals surface area contributed by atoms with Gasteiger partial charge in [-0.3, -0.25) is 9.78 Å². The number of aromatic amines is 1.